The van der Waals surface area contributed by atoms with Gasteiger partial charge in [-0.15, -0.1) is 0 Å². The molecule has 2 N–H and O–H groups in total. The van der Waals surface area contributed by atoms with Crippen LogP contribution in [0.1, 0.15) is 52.3 Å². The number of nitrogens with one attached hydrogen (secondary N) is 2. The molecule has 4 rings (SSSR count). The summed E-state index contributed by atoms with van der Waals surface area (Å²) in [6.45, 7) is 3.03. The summed E-state index contributed by atoms with van der Waals surface area (Å²) in [5.74, 6) is 0.626. The molecule has 0 bridgehead atoms. The summed E-state index contributed by atoms with van der Waals surface area (Å²) in [6, 6.07) is 4.88. The third-order valence-corrected chi connectivity index (χ3v) is 5.48. The van der Waals surface area contributed by atoms with E-state index < -0.39 is 11.7 Å². The summed E-state index contributed by atoms with van der Waals surface area (Å²) in [4.78, 5) is 16.7. The summed E-state index contributed by atoms with van der Waals surface area (Å²) in [5, 5.41) is 7.23. The topological polar surface area (TPSA) is 84.5 Å². The van der Waals surface area contributed by atoms with E-state index in [1.165, 1.54) is 12.1 Å². The molecule has 1 aliphatic rings. The molecular weight excluding hydrogens is 435 g/mol. The lowest BCUT2D eigenvalue weighted by Gasteiger charge is -2.14. The highest BCUT2D eigenvalue weighted by molar-refractivity contribution is 6.06. The van der Waals surface area contributed by atoms with Crippen LogP contribution in [0.4, 0.5) is 18.9 Å². The van der Waals surface area contributed by atoms with Crippen LogP contribution in [0.15, 0.2) is 52.5 Å². The first kappa shape index (κ1) is 22.6. The van der Waals surface area contributed by atoms with Crippen molar-refractivity contribution < 1.29 is 22.4 Å². The fourth-order valence-corrected chi connectivity index (χ4v) is 3.86. The van der Waals surface area contributed by atoms with E-state index in [1.807, 2.05) is 10.8 Å². The average molecular weight is 459 g/mol. The smallest absolute Gasteiger partial charge is 0.416 e. The number of aromatic nitrogens is 2. The third kappa shape index (κ3) is 5.27. The molecule has 0 spiro atoms. The van der Waals surface area contributed by atoms with Crippen molar-refractivity contribution in [3.05, 3.63) is 71.2 Å². The Kier molecular flexibility index (Phi) is 6.52. The number of benzene rings is 1. The van der Waals surface area contributed by atoms with Crippen LogP contribution < -0.4 is 10.7 Å². The van der Waals surface area contributed by atoms with E-state index in [9.17, 15) is 18.0 Å². The Morgan fingerprint density at radius 2 is 2.15 bits per heavy atom. The van der Waals surface area contributed by atoms with Gasteiger partial charge in [-0.1, -0.05) is 6.07 Å². The van der Waals surface area contributed by atoms with E-state index in [2.05, 4.69) is 20.8 Å². The fraction of sp³-hybridized carbons (Fsp3) is 0.348. The Hall–Kier alpha value is -3.56. The van der Waals surface area contributed by atoms with Crippen LogP contribution in [0.5, 0.6) is 0 Å². The fourth-order valence-electron chi connectivity index (χ4n) is 3.86. The van der Waals surface area contributed by atoms with Gasteiger partial charge in [0.25, 0.3) is 5.91 Å². The van der Waals surface area contributed by atoms with Gasteiger partial charge in [0.15, 0.2) is 5.76 Å². The summed E-state index contributed by atoms with van der Waals surface area (Å²) in [7, 11) is 0. The molecule has 2 aromatic heterocycles. The van der Waals surface area contributed by atoms with Gasteiger partial charge in [0.1, 0.15) is 5.76 Å². The molecule has 1 amide bonds. The van der Waals surface area contributed by atoms with E-state index in [4.69, 9.17) is 4.42 Å². The van der Waals surface area contributed by atoms with E-state index in [0.29, 0.717) is 36.4 Å². The van der Waals surface area contributed by atoms with E-state index >= 15 is 0 Å². The number of hydrazone groups is 1. The van der Waals surface area contributed by atoms with Crippen molar-refractivity contribution in [3.63, 3.8) is 0 Å². The summed E-state index contributed by atoms with van der Waals surface area (Å²) in [6.07, 6.45) is 3.69. The van der Waals surface area contributed by atoms with Gasteiger partial charge < -0.3 is 14.3 Å². The molecule has 174 valence electrons. The Labute approximate surface area is 188 Å². The van der Waals surface area contributed by atoms with Crippen molar-refractivity contribution in [2.24, 2.45) is 5.10 Å². The Bertz CT molecular complexity index is 1150. The molecular formula is C23H24F3N5O2. The van der Waals surface area contributed by atoms with Crippen molar-refractivity contribution >= 4 is 17.3 Å². The first-order chi connectivity index (χ1) is 15.8. The number of amides is 1. The molecule has 0 atom stereocenters. The highest BCUT2D eigenvalue weighted by atomic mass is 19.4. The van der Waals surface area contributed by atoms with Crippen molar-refractivity contribution in [3.8, 4) is 0 Å². The number of aryl methyl sites for hydroxylation is 2. The van der Waals surface area contributed by atoms with Gasteiger partial charge in [-0.25, -0.2) is 4.98 Å². The number of nitrogens with zero attached hydrogens (tertiary/aromatic N) is 3. The maximum Gasteiger partial charge on any atom is 0.416 e. The van der Waals surface area contributed by atoms with Crippen molar-refractivity contribution in [1.82, 2.24) is 14.9 Å². The molecule has 0 saturated carbocycles. The van der Waals surface area contributed by atoms with Crippen molar-refractivity contribution in [2.75, 3.05) is 12.0 Å². The predicted molar refractivity (Wildman–Crippen MR) is 117 cm³/mol. The average Bonchev–Trinajstić information content (AvgIpc) is 3.43. The third-order valence-electron chi connectivity index (χ3n) is 5.48. The number of hydrogen-bond donors (Lipinski definition) is 2. The molecule has 0 aliphatic heterocycles. The first-order valence-corrected chi connectivity index (χ1v) is 10.7. The van der Waals surface area contributed by atoms with Crippen LogP contribution in [0, 0.1) is 6.92 Å². The lowest BCUT2D eigenvalue weighted by atomic mass is 9.93. The second-order valence-corrected chi connectivity index (χ2v) is 7.87. The predicted octanol–water partition coefficient (Wildman–Crippen LogP) is 4.78. The van der Waals surface area contributed by atoms with E-state index in [0.717, 1.165) is 37.1 Å². The maximum absolute atomic E-state index is 13.0. The standard InChI is InChI=1S/C23H24F3N5O2/c1-15-20-18(30-29-17-6-2-5-16(13-17)23(24,25)26)7-3-8-19(20)33-21(15)22(32)28-9-4-11-31-12-10-27-14-31/h2,5-6,10,12-14,29H,3-4,7-9,11H2,1H3,(H,28,32)/b30-18+. The first-order valence-electron chi connectivity index (χ1n) is 10.7. The van der Waals surface area contributed by atoms with Gasteiger partial charge in [-0.2, -0.15) is 18.3 Å². The summed E-state index contributed by atoms with van der Waals surface area (Å²) in [5.41, 5.74) is 4.31. The summed E-state index contributed by atoms with van der Waals surface area (Å²) < 4.78 is 46.7. The Morgan fingerprint density at radius 3 is 2.91 bits per heavy atom. The quantitative estimate of drug-likeness (QED) is 0.394. The zero-order valence-electron chi connectivity index (χ0n) is 18.1. The molecule has 1 aliphatic carbocycles. The van der Waals surface area contributed by atoms with Crippen LogP contribution >= 0.6 is 0 Å². The Balaban J connectivity index is 1.45. The van der Waals surface area contributed by atoms with Crippen LogP contribution in [-0.4, -0.2) is 27.7 Å². The molecule has 0 fully saturated rings. The largest absolute Gasteiger partial charge is 0.455 e. The van der Waals surface area contributed by atoms with Gasteiger partial charge in [0.05, 0.1) is 23.3 Å². The van der Waals surface area contributed by atoms with Crippen LogP contribution in [-0.2, 0) is 19.1 Å². The monoisotopic (exact) mass is 459 g/mol. The number of hydrogen-bond acceptors (Lipinski definition) is 5. The molecule has 0 radical (unpaired) electrons. The van der Waals surface area contributed by atoms with E-state index in [-0.39, 0.29) is 17.4 Å². The lowest BCUT2D eigenvalue weighted by molar-refractivity contribution is -0.137. The molecule has 3 aromatic rings. The van der Waals surface area contributed by atoms with Gasteiger partial charge in [0.2, 0.25) is 0 Å². The van der Waals surface area contributed by atoms with Gasteiger partial charge >= 0.3 is 6.18 Å². The summed E-state index contributed by atoms with van der Waals surface area (Å²) >= 11 is 0. The maximum atomic E-state index is 13.0. The number of carbonyl (C=O) groups is 1. The second-order valence-electron chi connectivity index (χ2n) is 7.87. The number of fused-ring (bicyclic) bond motifs is 1. The van der Waals surface area contributed by atoms with Crippen molar-refractivity contribution in [1.29, 1.82) is 0 Å². The van der Waals surface area contributed by atoms with Crippen LogP contribution in [0.25, 0.3) is 0 Å². The minimum atomic E-state index is -4.43. The highest BCUT2D eigenvalue weighted by Gasteiger charge is 2.31. The molecule has 1 aromatic carbocycles. The van der Waals surface area contributed by atoms with Crippen LogP contribution in [0.3, 0.4) is 0 Å². The Morgan fingerprint density at radius 1 is 1.30 bits per heavy atom. The molecule has 10 heteroatoms. The normalized spacial score (nSPS) is 14.8. The number of rotatable bonds is 7. The molecule has 0 saturated heterocycles. The SMILES string of the molecule is Cc1c(C(=O)NCCCn2ccnc2)oc2c1/C(=N/Nc1cccc(C(F)(F)F)c1)CCC2. The zero-order chi connectivity index (χ0) is 23.4. The van der Waals surface area contributed by atoms with Gasteiger partial charge in [-0.05, 0) is 44.4 Å². The van der Waals surface area contributed by atoms with Gasteiger partial charge in [-0.3, -0.25) is 10.2 Å². The van der Waals surface area contributed by atoms with Crippen LogP contribution in [0.2, 0.25) is 0 Å². The van der Waals surface area contributed by atoms with Crippen molar-refractivity contribution in [2.45, 2.75) is 45.3 Å². The van der Waals surface area contributed by atoms with Gasteiger partial charge in [0, 0.05) is 43.0 Å². The molecule has 2 heterocycles. The zero-order valence-corrected chi connectivity index (χ0v) is 18.1. The number of anilines is 1. The highest BCUT2D eigenvalue weighted by Crippen LogP contribution is 2.32. The minimum absolute atomic E-state index is 0.237. The number of imidazole rings is 1. The minimum Gasteiger partial charge on any atom is -0.455 e. The molecule has 7 nitrogen and oxygen atoms in total. The molecule has 33 heavy (non-hydrogen) atoms. The number of furan rings is 1. The second kappa shape index (κ2) is 9.51. The number of carbonyl (C=O) groups excluding carboxylic acids is 1. The molecule has 0 unspecified atom stereocenters. The number of halogens is 3. The number of alkyl halides is 3. The lowest BCUT2D eigenvalue weighted by Crippen LogP contribution is -2.25. The van der Waals surface area contributed by atoms with E-state index in [1.54, 1.807) is 19.4 Å².